The number of nitro groups is 1. The van der Waals surface area contributed by atoms with Crippen LogP contribution in [0.2, 0.25) is 0 Å². The lowest BCUT2D eigenvalue weighted by atomic mass is 10.1. The van der Waals surface area contributed by atoms with Gasteiger partial charge in [-0.15, -0.1) is 0 Å². The SMILES string of the molecule is O=C(CN(CCO)CC(F)F)c1ccc([N+](=O)[O-])cc1. The highest BCUT2D eigenvalue weighted by Crippen LogP contribution is 2.13. The van der Waals surface area contributed by atoms with Crippen molar-refractivity contribution in [2.75, 3.05) is 26.2 Å². The molecule has 0 radical (unpaired) electrons. The summed E-state index contributed by atoms with van der Waals surface area (Å²) in [5.41, 5.74) is 0.0501. The number of Topliss-reactive ketones (excluding diaryl/α,β-unsaturated/α-hetero) is 1. The van der Waals surface area contributed by atoms with E-state index in [-0.39, 0.29) is 30.9 Å². The normalized spacial score (nSPS) is 11.1. The van der Waals surface area contributed by atoms with Gasteiger partial charge in [0, 0.05) is 24.2 Å². The van der Waals surface area contributed by atoms with Crippen molar-refractivity contribution in [3.05, 3.63) is 39.9 Å². The summed E-state index contributed by atoms with van der Waals surface area (Å²) in [4.78, 5) is 22.9. The first-order chi connectivity index (χ1) is 9.43. The molecule has 0 fully saturated rings. The highest BCUT2D eigenvalue weighted by atomic mass is 19.3. The second-order valence-corrected chi connectivity index (χ2v) is 4.08. The number of rotatable bonds is 8. The Morgan fingerprint density at radius 3 is 2.40 bits per heavy atom. The predicted octanol–water partition coefficient (Wildman–Crippen LogP) is 1.34. The maximum absolute atomic E-state index is 12.3. The minimum atomic E-state index is -2.61. The summed E-state index contributed by atoms with van der Waals surface area (Å²) in [6, 6.07) is 4.91. The highest BCUT2D eigenvalue weighted by Gasteiger charge is 2.17. The molecule has 8 heteroatoms. The minimum Gasteiger partial charge on any atom is -0.395 e. The van der Waals surface area contributed by atoms with E-state index in [1.165, 1.54) is 24.3 Å². The van der Waals surface area contributed by atoms with Crippen LogP contribution in [0.15, 0.2) is 24.3 Å². The third kappa shape index (κ3) is 4.98. The average Bonchev–Trinajstić information content (AvgIpc) is 2.38. The van der Waals surface area contributed by atoms with Gasteiger partial charge >= 0.3 is 0 Å². The second-order valence-electron chi connectivity index (χ2n) is 4.08. The second kappa shape index (κ2) is 7.61. The number of halogens is 2. The molecule has 0 spiro atoms. The van der Waals surface area contributed by atoms with E-state index in [9.17, 15) is 23.7 Å². The number of alkyl halides is 2. The van der Waals surface area contributed by atoms with Gasteiger partial charge in [-0.2, -0.15) is 0 Å². The molecule has 0 bridgehead atoms. The third-order valence-electron chi connectivity index (χ3n) is 2.58. The van der Waals surface area contributed by atoms with Gasteiger partial charge in [0.2, 0.25) is 0 Å². The molecule has 0 saturated carbocycles. The Bertz CT molecular complexity index is 465. The van der Waals surface area contributed by atoms with E-state index in [1.54, 1.807) is 0 Å². The van der Waals surface area contributed by atoms with Gasteiger partial charge in [0.05, 0.1) is 24.6 Å². The fourth-order valence-electron chi connectivity index (χ4n) is 1.63. The van der Waals surface area contributed by atoms with Crippen LogP contribution in [0.25, 0.3) is 0 Å². The number of benzene rings is 1. The van der Waals surface area contributed by atoms with Gasteiger partial charge in [-0.25, -0.2) is 8.78 Å². The fourth-order valence-corrected chi connectivity index (χ4v) is 1.63. The highest BCUT2D eigenvalue weighted by molar-refractivity contribution is 5.97. The molecule has 0 aromatic heterocycles. The van der Waals surface area contributed by atoms with E-state index < -0.39 is 23.7 Å². The van der Waals surface area contributed by atoms with Gasteiger partial charge < -0.3 is 5.11 Å². The lowest BCUT2D eigenvalue weighted by molar-refractivity contribution is -0.384. The first kappa shape index (κ1) is 16.1. The number of nitro benzene ring substituents is 1. The van der Waals surface area contributed by atoms with Crippen LogP contribution in [-0.4, -0.2) is 53.4 Å². The molecule has 1 aromatic rings. The molecule has 1 aromatic carbocycles. The predicted molar refractivity (Wildman–Crippen MR) is 67.0 cm³/mol. The summed E-state index contributed by atoms with van der Waals surface area (Å²) in [5, 5.41) is 19.2. The van der Waals surface area contributed by atoms with E-state index in [0.717, 1.165) is 4.90 Å². The van der Waals surface area contributed by atoms with E-state index in [1.807, 2.05) is 0 Å². The first-order valence-electron chi connectivity index (χ1n) is 5.83. The van der Waals surface area contributed by atoms with Crippen molar-refractivity contribution < 1.29 is 23.6 Å². The molecule has 0 aliphatic heterocycles. The van der Waals surface area contributed by atoms with Crippen molar-refractivity contribution in [3.8, 4) is 0 Å². The summed E-state index contributed by atoms with van der Waals surface area (Å²) in [6.45, 7) is -1.26. The zero-order chi connectivity index (χ0) is 15.1. The average molecular weight is 288 g/mol. The van der Waals surface area contributed by atoms with Gasteiger partial charge in [0.15, 0.2) is 5.78 Å². The number of aliphatic hydroxyl groups is 1. The largest absolute Gasteiger partial charge is 0.395 e. The lowest BCUT2D eigenvalue weighted by Crippen LogP contribution is -2.36. The van der Waals surface area contributed by atoms with Crippen LogP contribution in [0.4, 0.5) is 14.5 Å². The Morgan fingerprint density at radius 1 is 1.35 bits per heavy atom. The Kier molecular flexibility index (Phi) is 6.13. The molecule has 110 valence electrons. The molecule has 0 saturated heterocycles. The zero-order valence-electron chi connectivity index (χ0n) is 10.5. The molecule has 0 atom stereocenters. The number of non-ortho nitro benzene ring substituents is 1. The minimum absolute atomic E-state index is 0.0386. The molecular weight excluding hydrogens is 274 g/mol. The summed E-state index contributed by atoms with van der Waals surface area (Å²) < 4.78 is 24.6. The summed E-state index contributed by atoms with van der Waals surface area (Å²) in [6.07, 6.45) is -2.61. The summed E-state index contributed by atoms with van der Waals surface area (Å²) in [5.74, 6) is -0.436. The molecule has 0 aliphatic rings. The molecule has 0 unspecified atom stereocenters. The number of carbonyl (C=O) groups excluding carboxylic acids is 1. The fraction of sp³-hybridized carbons (Fsp3) is 0.417. The topological polar surface area (TPSA) is 83.7 Å². The molecule has 20 heavy (non-hydrogen) atoms. The number of hydrogen-bond acceptors (Lipinski definition) is 5. The van der Waals surface area contributed by atoms with Crippen molar-refractivity contribution in [1.82, 2.24) is 4.90 Å². The van der Waals surface area contributed by atoms with Gasteiger partial charge in [-0.1, -0.05) is 0 Å². The van der Waals surface area contributed by atoms with Crippen LogP contribution in [0.3, 0.4) is 0 Å². The van der Waals surface area contributed by atoms with Crippen molar-refractivity contribution in [3.63, 3.8) is 0 Å². The van der Waals surface area contributed by atoms with E-state index in [0.29, 0.717) is 0 Å². The first-order valence-corrected chi connectivity index (χ1v) is 5.83. The maximum Gasteiger partial charge on any atom is 0.269 e. The molecule has 0 amide bonds. The molecular formula is C12H14F2N2O4. The third-order valence-corrected chi connectivity index (χ3v) is 2.58. The zero-order valence-corrected chi connectivity index (χ0v) is 10.5. The molecule has 0 heterocycles. The van der Waals surface area contributed by atoms with Crippen LogP contribution in [0, 0.1) is 10.1 Å². The van der Waals surface area contributed by atoms with Gasteiger partial charge in [-0.3, -0.25) is 19.8 Å². The molecule has 6 nitrogen and oxygen atoms in total. The van der Waals surface area contributed by atoms with Crippen LogP contribution in [-0.2, 0) is 0 Å². The molecule has 1 rings (SSSR count). The quantitative estimate of drug-likeness (QED) is 0.443. The van der Waals surface area contributed by atoms with Gasteiger partial charge in [0.1, 0.15) is 0 Å². The van der Waals surface area contributed by atoms with Crippen molar-refractivity contribution in [1.29, 1.82) is 0 Å². The monoisotopic (exact) mass is 288 g/mol. The maximum atomic E-state index is 12.3. The van der Waals surface area contributed by atoms with Crippen LogP contribution in [0.5, 0.6) is 0 Å². The number of nitrogens with zero attached hydrogens (tertiary/aromatic N) is 2. The van der Waals surface area contributed by atoms with E-state index in [2.05, 4.69) is 0 Å². The van der Waals surface area contributed by atoms with Crippen LogP contribution < -0.4 is 0 Å². The number of carbonyl (C=O) groups is 1. The summed E-state index contributed by atoms with van der Waals surface area (Å²) in [7, 11) is 0. The Morgan fingerprint density at radius 2 is 1.95 bits per heavy atom. The van der Waals surface area contributed by atoms with Crippen molar-refractivity contribution in [2.24, 2.45) is 0 Å². The van der Waals surface area contributed by atoms with Crippen molar-refractivity contribution >= 4 is 11.5 Å². The summed E-state index contributed by atoms with van der Waals surface area (Å²) >= 11 is 0. The lowest BCUT2D eigenvalue weighted by Gasteiger charge is -2.19. The number of ketones is 1. The number of hydrogen-bond donors (Lipinski definition) is 1. The van der Waals surface area contributed by atoms with Crippen molar-refractivity contribution in [2.45, 2.75) is 6.43 Å². The number of aliphatic hydroxyl groups excluding tert-OH is 1. The standard InChI is InChI=1S/C12H14F2N2O4/c13-12(14)8-15(5-6-17)7-11(18)9-1-3-10(4-2-9)16(19)20/h1-4,12,17H,5-8H2. The smallest absolute Gasteiger partial charge is 0.269 e. The van der Waals surface area contributed by atoms with E-state index >= 15 is 0 Å². The Labute approximate surface area is 113 Å². The van der Waals surface area contributed by atoms with Crippen LogP contribution >= 0.6 is 0 Å². The van der Waals surface area contributed by atoms with E-state index in [4.69, 9.17) is 5.11 Å². The Hall–Kier alpha value is -1.93. The van der Waals surface area contributed by atoms with Gasteiger partial charge in [-0.05, 0) is 12.1 Å². The Balaban J connectivity index is 2.70. The van der Waals surface area contributed by atoms with Crippen LogP contribution in [0.1, 0.15) is 10.4 Å². The van der Waals surface area contributed by atoms with Gasteiger partial charge in [0.25, 0.3) is 12.1 Å². The molecule has 0 aliphatic carbocycles. The molecule has 1 N–H and O–H groups in total.